The molecule has 0 amide bonds. The van der Waals surface area contributed by atoms with Gasteiger partial charge in [-0.15, -0.1) is 11.3 Å². The fourth-order valence-electron chi connectivity index (χ4n) is 7.18. The van der Waals surface area contributed by atoms with Crippen molar-refractivity contribution in [3.05, 3.63) is 64.0 Å². The summed E-state index contributed by atoms with van der Waals surface area (Å²) in [4.78, 5) is 21.7. The molecule has 3 atom stereocenters. The third-order valence-corrected chi connectivity index (χ3v) is 10.6. The predicted molar refractivity (Wildman–Crippen MR) is 156 cm³/mol. The van der Waals surface area contributed by atoms with Gasteiger partial charge < -0.3 is 19.5 Å². The first kappa shape index (κ1) is 26.0. The van der Waals surface area contributed by atoms with Crippen LogP contribution in [-0.4, -0.2) is 59.3 Å². The van der Waals surface area contributed by atoms with Crippen LogP contribution < -0.4 is 9.64 Å². The van der Waals surface area contributed by atoms with Crippen molar-refractivity contribution in [3.63, 3.8) is 0 Å². The van der Waals surface area contributed by atoms with Gasteiger partial charge in [-0.05, 0) is 74.3 Å². The van der Waals surface area contributed by atoms with Crippen LogP contribution in [0, 0.1) is 18.3 Å². The molecule has 8 heteroatoms. The summed E-state index contributed by atoms with van der Waals surface area (Å²) in [6.45, 7) is 9.30. The molecule has 7 rings (SSSR count). The molecule has 2 aromatic carbocycles. The number of ether oxygens (including phenoxy) is 2. The molecular formula is C32H37N3O4S. The number of thiazole rings is 1. The second kappa shape index (κ2) is 10.2. The van der Waals surface area contributed by atoms with Gasteiger partial charge in [0.25, 0.3) is 0 Å². The van der Waals surface area contributed by atoms with Crippen molar-refractivity contribution in [2.75, 3.05) is 31.2 Å². The fourth-order valence-corrected chi connectivity index (χ4v) is 8.09. The lowest BCUT2D eigenvalue weighted by Crippen LogP contribution is -2.42. The number of aromatic nitrogens is 1. The molecule has 4 aliphatic rings. The van der Waals surface area contributed by atoms with Gasteiger partial charge >= 0.3 is 5.97 Å². The number of nitrogens with zero attached hydrogens (tertiary/aromatic N) is 3. The topological polar surface area (TPSA) is 75.1 Å². The maximum atomic E-state index is 11.9. The summed E-state index contributed by atoms with van der Waals surface area (Å²) < 4.78 is 12.0. The van der Waals surface area contributed by atoms with Gasteiger partial charge in [0.2, 0.25) is 0 Å². The number of benzene rings is 2. The number of carbonyl (C=O) groups is 1. The molecule has 3 aliphatic heterocycles. The Kier molecular flexibility index (Phi) is 6.60. The van der Waals surface area contributed by atoms with Gasteiger partial charge in [0, 0.05) is 55.9 Å². The molecule has 2 saturated heterocycles. The first-order chi connectivity index (χ1) is 19.4. The number of hydrogen-bond acceptors (Lipinski definition) is 7. The lowest BCUT2D eigenvalue weighted by molar-refractivity contribution is -0.144. The van der Waals surface area contributed by atoms with Gasteiger partial charge in [-0.1, -0.05) is 29.8 Å². The van der Waals surface area contributed by atoms with E-state index in [1.165, 1.54) is 16.7 Å². The second-order valence-corrected chi connectivity index (χ2v) is 12.9. The summed E-state index contributed by atoms with van der Waals surface area (Å²) in [6, 6.07) is 13.7. The molecule has 0 bridgehead atoms. The molecule has 1 N–H and O–H groups in total. The fraction of sp³-hybridized carbons (Fsp3) is 0.500. The average molecular weight is 560 g/mol. The van der Waals surface area contributed by atoms with E-state index in [2.05, 4.69) is 52.4 Å². The Morgan fingerprint density at radius 3 is 2.85 bits per heavy atom. The van der Waals surface area contributed by atoms with E-state index >= 15 is 0 Å². The van der Waals surface area contributed by atoms with E-state index < -0.39 is 11.4 Å². The lowest BCUT2D eigenvalue weighted by Gasteiger charge is -2.37. The smallest absolute Gasteiger partial charge is 0.312 e. The minimum absolute atomic E-state index is 0.0463. The highest BCUT2D eigenvalue weighted by Crippen LogP contribution is 2.62. The zero-order valence-electron chi connectivity index (χ0n) is 23.3. The zero-order chi connectivity index (χ0) is 27.4. The van der Waals surface area contributed by atoms with Crippen molar-refractivity contribution in [1.29, 1.82) is 0 Å². The van der Waals surface area contributed by atoms with E-state index in [1.807, 2.05) is 13.0 Å². The van der Waals surface area contributed by atoms with Crippen LogP contribution in [0.3, 0.4) is 0 Å². The number of fused-ring (bicyclic) bond motifs is 2. The monoisotopic (exact) mass is 559 g/mol. The van der Waals surface area contributed by atoms with E-state index in [0.29, 0.717) is 12.6 Å². The Hall–Kier alpha value is -2.94. The standard InChI is InChI=1S/C32H37N3O4S/c1-20-3-6-29(27(13-20)28-19-40-31(33-28)35-17-25-15-32(25,21(35)2)30(36)37)39-18-22-4-5-24-16-34(10-7-23(24)14-22)26-8-11-38-12-9-26/h3-6,13-14,19,21,25-26H,7-12,15-18H2,1-2H3,(H,36,37)/t21-,25+,32+/m1/s1. The van der Waals surface area contributed by atoms with Crippen molar-refractivity contribution in [1.82, 2.24) is 9.88 Å². The Bertz CT molecular complexity index is 1430. The van der Waals surface area contributed by atoms with Gasteiger partial charge in [-0.25, -0.2) is 4.98 Å². The summed E-state index contributed by atoms with van der Waals surface area (Å²) in [6.07, 6.45) is 4.14. The number of carboxylic acids is 1. The van der Waals surface area contributed by atoms with Crippen LogP contribution in [0.15, 0.2) is 41.8 Å². The van der Waals surface area contributed by atoms with Crippen LogP contribution >= 0.6 is 11.3 Å². The van der Waals surface area contributed by atoms with Gasteiger partial charge in [0.1, 0.15) is 12.4 Å². The predicted octanol–water partition coefficient (Wildman–Crippen LogP) is 5.53. The minimum atomic E-state index is -0.669. The molecule has 4 heterocycles. The molecule has 1 saturated carbocycles. The highest BCUT2D eigenvalue weighted by atomic mass is 32.1. The van der Waals surface area contributed by atoms with E-state index in [1.54, 1.807) is 11.3 Å². The van der Waals surface area contributed by atoms with E-state index in [9.17, 15) is 9.90 Å². The summed E-state index contributed by atoms with van der Waals surface area (Å²) >= 11 is 1.59. The minimum Gasteiger partial charge on any atom is -0.488 e. The molecule has 7 nitrogen and oxygen atoms in total. The number of carboxylic acid groups (broad SMARTS) is 1. The number of rotatable bonds is 7. The van der Waals surface area contributed by atoms with Crippen molar-refractivity contribution in [2.24, 2.45) is 11.3 Å². The van der Waals surface area contributed by atoms with Crippen LogP contribution in [0.1, 0.15) is 48.4 Å². The third-order valence-electron chi connectivity index (χ3n) is 9.74. The molecule has 1 aromatic heterocycles. The maximum absolute atomic E-state index is 11.9. The van der Waals surface area contributed by atoms with Crippen molar-refractivity contribution < 1.29 is 19.4 Å². The number of anilines is 1. The quantitative estimate of drug-likeness (QED) is 0.408. The zero-order valence-corrected chi connectivity index (χ0v) is 24.1. The summed E-state index contributed by atoms with van der Waals surface area (Å²) in [5, 5.41) is 12.8. The molecule has 1 aliphatic carbocycles. The van der Waals surface area contributed by atoms with Crippen molar-refractivity contribution in [2.45, 2.75) is 64.8 Å². The van der Waals surface area contributed by atoms with E-state index in [0.717, 1.165) is 86.2 Å². The average Bonchev–Trinajstić information content (AvgIpc) is 3.37. The Balaban J connectivity index is 1.05. The highest BCUT2D eigenvalue weighted by Gasteiger charge is 2.70. The number of aliphatic carboxylic acids is 1. The summed E-state index contributed by atoms with van der Waals surface area (Å²) in [5.74, 6) is 0.384. The van der Waals surface area contributed by atoms with Gasteiger partial charge in [-0.3, -0.25) is 9.69 Å². The Morgan fingerprint density at radius 2 is 2.05 bits per heavy atom. The Morgan fingerprint density at radius 1 is 1.20 bits per heavy atom. The molecule has 3 fully saturated rings. The molecule has 40 heavy (non-hydrogen) atoms. The van der Waals surface area contributed by atoms with E-state index in [4.69, 9.17) is 14.5 Å². The SMILES string of the molecule is Cc1ccc(OCc2ccc3c(c2)CCN(C2CCOCC2)C3)c(-c2csc(N3C[C@@H]4C[C@]4(C(=O)O)[C@H]3C)n2)c1. The molecule has 210 valence electrons. The molecule has 0 spiro atoms. The summed E-state index contributed by atoms with van der Waals surface area (Å²) in [7, 11) is 0. The number of aryl methyl sites for hydroxylation is 1. The third kappa shape index (κ3) is 4.50. The van der Waals surface area contributed by atoms with Crippen LogP contribution in [-0.2, 0) is 29.1 Å². The molecule has 0 unspecified atom stereocenters. The maximum Gasteiger partial charge on any atom is 0.312 e. The normalized spacial score (nSPS) is 26.4. The van der Waals surface area contributed by atoms with Crippen molar-refractivity contribution in [3.8, 4) is 17.0 Å². The van der Waals surface area contributed by atoms with E-state index in [-0.39, 0.29) is 12.0 Å². The summed E-state index contributed by atoms with van der Waals surface area (Å²) in [5.41, 5.74) is 6.49. The first-order valence-electron chi connectivity index (χ1n) is 14.5. The molecule has 0 radical (unpaired) electrons. The van der Waals surface area contributed by atoms with Crippen molar-refractivity contribution >= 4 is 22.4 Å². The lowest BCUT2D eigenvalue weighted by atomic mass is 9.95. The van der Waals surface area contributed by atoms with Crippen LogP contribution in [0.5, 0.6) is 5.75 Å². The van der Waals surface area contributed by atoms with Gasteiger partial charge in [-0.2, -0.15) is 0 Å². The van der Waals surface area contributed by atoms with Crippen LogP contribution in [0.25, 0.3) is 11.3 Å². The largest absolute Gasteiger partial charge is 0.488 e. The Labute approximate surface area is 239 Å². The second-order valence-electron chi connectivity index (χ2n) is 12.0. The number of piperidine rings is 1. The molecular weight excluding hydrogens is 522 g/mol. The van der Waals surface area contributed by atoms with Gasteiger partial charge in [0.15, 0.2) is 5.13 Å². The highest BCUT2D eigenvalue weighted by molar-refractivity contribution is 7.14. The van der Waals surface area contributed by atoms with Crippen LogP contribution in [0.4, 0.5) is 5.13 Å². The van der Waals surface area contributed by atoms with Crippen LogP contribution in [0.2, 0.25) is 0 Å². The number of hydrogen-bond donors (Lipinski definition) is 1. The van der Waals surface area contributed by atoms with Gasteiger partial charge in [0.05, 0.1) is 11.1 Å². The first-order valence-corrected chi connectivity index (χ1v) is 15.4. The molecule has 3 aromatic rings.